The van der Waals surface area contributed by atoms with Gasteiger partial charge in [0.1, 0.15) is 5.75 Å². The largest absolute Gasteiger partial charge is 0.497 e. The fourth-order valence-electron chi connectivity index (χ4n) is 4.48. The van der Waals surface area contributed by atoms with Gasteiger partial charge < -0.3 is 9.72 Å². The van der Waals surface area contributed by atoms with Gasteiger partial charge in [-0.1, -0.05) is 58.4 Å². The summed E-state index contributed by atoms with van der Waals surface area (Å²) in [6.07, 6.45) is 0.425. The lowest BCUT2D eigenvalue weighted by atomic mass is 9.91. The number of amides is 1. The van der Waals surface area contributed by atoms with Crippen molar-refractivity contribution < 1.29 is 9.53 Å². The number of benzene rings is 3. The first-order valence-corrected chi connectivity index (χ1v) is 11.7. The normalized spacial score (nSPS) is 15.4. The number of aromatic nitrogens is 1. The Morgan fingerprint density at radius 1 is 1.06 bits per heavy atom. The number of hydrogen-bond donors (Lipinski definition) is 1. The second kappa shape index (κ2) is 8.91. The van der Waals surface area contributed by atoms with Crippen LogP contribution in [0.4, 0.5) is 0 Å². The summed E-state index contributed by atoms with van der Waals surface area (Å²) < 4.78 is 6.18. The van der Waals surface area contributed by atoms with E-state index in [1.165, 1.54) is 11.9 Å². The van der Waals surface area contributed by atoms with E-state index in [2.05, 4.69) is 26.0 Å². The molecule has 2 heterocycles. The molecule has 0 radical (unpaired) electrons. The Kier molecular flexibility index (Phi) is 5.79. The number of nitrogens with zero attached hydrogens (tertiary/aromatic N) is 2. The van der Waals surface area contributed by atoms with Crippen LogP contribution >= 0.6 is 15.9 Å². The van der Waals surface area contributed by atoms with Gasteiger partial charge >= 0.3 is 0 Å². The molecule has 0 bridgehead atoms. The van der Waals surface area contributed by atoms with E-state index in [9.17, 15) is 9.59 Å². The van der Waals surface area contributed by atoms with Crippen LogP contribution in [0.15, 0.2) is 87.2 Å². The fourth-order valence-corrected chi connectivity index (χ4v) is 4.84. The summed E-state index contributed by atoms with van der Waals surface area (Å²) >= 11 is 3.56. The molecule has 3 aromatic carbocycles. The molecule has 1 unspecified atom stereocenters. The van der Waals surface area contributed by atoms with Crippen LogP contribution in [0, 0.1) is 0 Å². The van der Waals surface area contributed by atoms with Crippen LogP contribution < -0.4 is 10.3 Å². The van der Waals surface area contributed by atoms with Gasteiger partial charge in [-0.2, -0.15) is 5.10 Å². The van der Waals surface area contributed by atoms with Crippen molar-refractivity contribution in [1.82, 2.24) is 9.99 Å². The van der Waals surface area contributed by atoms with Gasteiger partial charge in [0.25, 0.3) is 5.56 Å². The Hall–Kier alpha value is -3.71. The topological polar surface area (TPSA) is 74.8 Å². The van der Waals surface area contributed by atoms with Gasteiger partial charge in [-0.3, -0.25) is 9.59 Å². The molecule has 6 nitrogen and oxygen atoms in total. The molecule has 1 amide bonds. The van der Waals surface area contributed by atoms with Crippen molar-refractivity contribution in [3.05, 3.63) is 98.7 Å². The number of fused-ring (bicyclic) bond motifs is 1. The molecular formula is C27H22BrN3O3. The summed E-state index contributed by atoms with van der Waals surface area (Å²) in [4.78, 5) is 29.0. The average molecular weight is 516 g/mol. The van der Waals surface area contributed by atoms with Gasteiger partial charge in [0, 0.05) is 34.3 Å². The number of rotatable bonds is 4. The Balaban J connectivity index is 1.71. The number of aromatic amines is 1. The number of hydrazone groups is 1. The maximum Gasteiger partial charge on any atom is 0.258 e. The minimum atomic E-state index is -0.306. The van der Waals surface area contributed by atoms with E-state index in [1.807, 2.05) is 72.8 Å². The molecule has 1 N–H and O–H groups in total. The lowest BCUT2D eigenvalue weighted by Crippen LogP contribution is -2.24. The smallest absolute Gasteiger partial charge is 0.258 e. The molecule has 7 heteroatoms. The summed E-state index contributed by atoms with van der Waals surface area (Å²) in [6.45, 7) is 1.49. The Morgan fingerprint density at radius 3 is 2.47 bits per heavy atom. The van der Waals surface area contributed by atoms with Crippen LogP contribution in [0.2, 0.25) is 0 Å². The number of hydrogen-bond acceptors (Lipinski definition) is 4. The molecule has 5 rings (SSSR count). The summed E-state index contributed by atoms with van der Waals surface area (Å²) in [7, 11) is 1.61. The zero-order valence-electron chi connectivity index (χ0n) is 18.7. The van der Waals surface area contributed by atoms with Gasteiger partial charge in [-0.15, -0.1) is 0 Å². The zero-order valence-corrected chi connectivity index (χ0v) is 20.3. The highest BCUT2D eigenvalue weighted by Gasteiger charge is 2.34. The maximum absolute atomic E-state index is 13.4. The second-order valence-electron chi connectivity index (χ2n) is 8.16. The SMILES string of the molecule is COc1ccc(C2CC(c3c(-c4ccccc4)c4cc(Br)ccc4[nH]c3=O)=NN2C(C)=O)cc1. The summed E-state index contributed by atoms with van der Waals surface area (Å²) in [5.41, 5.74) is 4.22. The van der Waals surface area contributed by atoms with Gasteiger partial charge in [-0.05, 0) is 41.5 Å². The van der Waals surface area contributed by atoms with Gasteiger partial charge in [0.05, 0.1) is 24.4 Å². The molecule has 0 spiro atoms. The molecule has 0 saturated heterocycles. The molecule has 1 aliphatic heterocycles. The number of ether oxygens (including phenoxy) is 1. The summed E-state index contributed by atoms with van der Waals surface area (Å²) in [6, 6.07) is 22.9. The van der Waals surface area contributed by atoms with Crippen molar-refractivity contribution in [2.75, 3.05) is 7.11 Å². The second-order valence-corrected chi connectivity index (χ2v) is 9.08. The molecule has 34 heavy (non-hydrogen) atoms. The van der Waals surface area contributed by atoms with Crippen molar-refractivity contribution in [1.29, 1.82) is 0 Å². The Morgan fingerprint density at radius 2 is 1.79 bits per heavy atom. The van der Waals surface area contributed by atoms with Crippen LogP contribution in [0.25, 0.3) is 22.0 Å². The minimum Gasteiger partial charge on any atom is -0.497 e. The van der Waals surface area contributed by atoms with Crippen molar-refractivity contribution in [3.63, 3.8) is 0 Å². The predicted molar refractivity (Wildman–Crippen MR) is 137 cm³/mol. The Labute approximate surface area is 205 Å². The van der Waals surface area contributed by atoms with Crippen LogP contribution in [-0.2, 0) is 4.79 Å². The third kappa shape index (κ3) is 3.92. The molecule has 0 fully saturated rings. The van der Waals surface area contributed by atoms with Crippen LogP contribution in [0.3, 0.4) is 0 Å². The van der Waals surface area contributed by atoms with Gasteiger partial charge in [0.2, 0.25) is 5.91 Å². The van der Waals surface area contributed by atoms with E-state index >= 15 is 0 Å². The zero-order chi connectivity index (χ0) is 23.8. The number of methoxy groups -OCH3 is 1. The highest BCUT2D eigenvalue weighted by molar-refractivity contribution is 9.10. The molecule has 1 aliphatic rings. The van der Waals surface area contributed by atoms with Crippen molar-refractivity contribution in [2.24, 2.45) is 5.10 Å². The predicted octanol–water partition coefficient (Wildman–Crippen LogP) is 5.66. The molecule has 1 aromatic heterocycles. The van der Waals surface area contributed by atoms with Crippen LogP contribution in [0.1, 0.15) is 30.5 Å². The highest BCUT2D eigenvalue weighted by Crippen LogP contribution is 2.37. The number of carbonyl (C=O) groups is 1. The third-order valence-corrected chi connectivity index (χ3v) is 6.55. The van der Waals surface area contributed by atoms with Crippen LogP contribution in [-0.4, -0.2) is 28.7 Å². The molecule has 0 aliphatic carbocycles. The first-order chi connectivity index (χ1) is 16.5. The van der Waals surface area contributed by atoms with E-state index in [0.717, 1.165) is 37.8 Å². The first-order valence-electron chi connectivity index (χ1n) is 10.9. The first kappa shape index (κ1) is 22.1. The number of H-pyrrole nitrogens is 1. The van der Waals surface area contributed by atoms with E-state index in [0.29, 0.717) is 17.7 Å². The fraction of sp³-hybridized carbons (Fsp3) is 0.148. The summed E-state index contributed by atoms with van der Waals surface area (Å²) in [5.74, 6) is 0.553. The molecular weight excluding hydrogens is 494 g/mol. The summed E-state index contributed by atoms with van der Waals surface area (Å²) in [5, 5.41) is 7.04. The van der Waals surface area contributed by atoms with E-state index in [1.54, 1.807) is 7.11 Å². The lowest BCUT2D eigenvalue weighted by Gasteiger charge is -2.20. The number of nitrogens with one attached hydrogen (secondary N) is 1. The molecule has 4 aromatic rings. The van der Waals surface area contributed by atoms with Crippen molar-refractivity contribution >= 4 is 38.5 Å². The number of pyridine rings is 1. The maximum atomic E-state index is 13.4. The van der Waals surface area contributed by atoms with E-state index in [4.69, 9.17) is 4.74 Å². The quantitative estimate of drug-likeness (QED) is 0.380. The average Bonchev–Trinajstić information content (AvgIpc) is 3.29. The minimum absolute atomic E-state index is 0.183. The molecule has 170 valence electrons. The number of carbonyl (C=O) groups excluding carboxylic acids is 1. The van der Waals surface area contributed by atoms with Crippen LogP contribution in [0.5, 0.6) is 5.75 Å². The van der Waals surface area contributed by atoms with E-state index < -0.39 is 0 Å². The lowest BCUT2D eigenvalue weighted by molar-refractivity contribution is -0.130. The third-order valence-electron chi connectivity index (χ3n) is 6.06. The Bertz CT molecular complexity index is 1480. The highest BCUT2D eigenvalue weighted by atomic mass is 79.9. The van der Waals surface area contributed by atoms with E-state index in [-0.39, 0.29) is 17.5 Å². The van der Waals surface area contributed by atoms with Crippen molar-refractivity contribution in [3.8, 4) is 16.9 Å². The monoisotopic (exact) mass is 515 g/mol. The van der Waals surface area contributed by atoms with Gasteiger partial charge in [0.15, 0.2) is 0 Å². The van der Waals surface area contributed by atoms with Gasteiger partial charge in [-0.25, -0.2) is 5.01 Å². The molecule has 0 saturated carbocycles. The van der Waals surface area contributed by atoms with Crippen molar-refractivity contribution in [2.45, 2.75) is 19.4 Å². The number of halogens is 1. The standard InChI is InChI=1S/C27H22BrN3O3/c1-16(32)31-24(17-8-11-20(34-2)12-9-17)15-23(30-31)26-25(18-6-4-3-5-7-18)21-14-19(28)10-13-22(21)29-27(26)33/h3-14,24H,15H2,1-2H3,(H,29,33). The molecule has 1 atom stereocenters.